The summed E-state index contributed by atoms with van der Waals surface area (Å²) in [5, 5.41) is 11.8. The Bertz CT molecular complexity index is 647. The molecule has 0 unspecified atom stereocenters. The molecule has 0 spiro atoms. The molecule has 0 radical (unpaired) electrons. The molecule has 0 aliphatic rings. The largest absolute Gasteiger partial charge is 0.478 e. The van der Waals surface area contributed by atoms with Crippen molar-refractivity contribution in [1.82, 2.24) is 4.98 Å². The van der Waals surface area contributed by atoms with Gasteiger partial charge in [0.1, 0.15) is 11.6 Å². The van der Waals surface area contributed by atoms with Crippen LogP contribution in [0.15, 0.2) is 34.9 Å². The molecule has 98 valence electrons. The van der Waals surface area contributed by atoms with E-state index in [9.17, 15) is 9.18 Å². The first-order chi connectivity index (χ1) is 8.97. The van der Waals surface area contributed by atoms with Crippen molar-refractivity contribution < 1.29 is 14.3 Å². The van der Waals surface area contributed by atoms with Gasteiger partial charge in [0.05, 0.1) is 10.0 Å². The molecule has 2 N–H and O–H groups in total. The van der Waals surface area contributed by atoms with Crippen LogP contribution in [0.5, 0.6) is 0 Å². The number of aromatic nitrogens is 1. The fourth-order valence-electron chi connectivity index (χ4n) is 1.55. The van der Waals surface area contributed by atoms with Gasteiger partial charge in [-0.2, -0.15) is 0 Å². The van der Waals surface area contributed by atoms with E-state index in [1.807, 2.05) is 6.92 Å². The molecule has 0 aliphatic heterocycles. The normalized spacial score (nSPS) is 10.3. The molecule has 0 fully saturated rings. The van der Waals surface area contributed by atoms with Crippen LogP contribution in [-0.4, -0.2) is 16.1 Å². The third-order valence-electron chi connectivity index (χ3n) is 2.54. The van der Waals surface area contributed by atoms with Crippen molar-refractivity contribution >= 4 is 33.4 Å². The fraction of sp³-hybridized carbons (Fsp3) is 0.0769. The number of hydrogen-bond donors (Lipinski definition) is 2. The minimum atomic E-state index is -1.04. The second kappa shape index (κ2) is 5.36. The highest BCUT2D eigenvalue weighted by molar-refractivity contribution is 9.10. The zero-order chi connectivity index (χ0) is 14.0. The molecule has 0 aliphatic carbocycles. The van der Waals surface area contributed by atoms with E-state index in [2.05, 4.69) is 26.2 Å². The van der Waals surface area contributed by atoms with Crippen LogP contribution in [0.2, 0.25) is 0 Å². The number of carboxylic acids is 1. The lowest BCUT2D eigenvalue weighted by atomic mass is 10.2. The Hall–Kier alpha value is -1.95. The SMILES string of the molecule is Cc1cc(Br)c(F)cc1Nc1cc(C(=O)O)ccn1. The van der Waals surface area contributed by atoms with Crippen LogP contribution >= 0.6 is 15.9 Å². The van der Waals surface area contributed by atoms with Crippen molar-refractivity contribution in [3.05, 3.63) is 51.9 Å². The molecule has 2 aromatic rings. The van der Waals surface area contributed by atoms with Crippen molar-refractivity contribution in [2.24, 2.45) is 0 Å². The number of rotatable bonds is 3. The zero-order valence-electron chi connectivity index (χ0n) is 9.95. The highest BCUT2D eigenvalue weighted by Crippen LogP contribution is 2.26. The van der Waals surface area contributed by atoms with Gasteiger partial charge in [-0.1, -0.05) is 0 Å². The van der Waals surface area contributed by atoms with Gasteiger partial charge in [0.15, 0.2) is 0 Å². The van der Waals surface area contributed by atoms with Crippen LogP contribution in [0.1, 0.15) is 15.9 Å². The summed E-state index contributed by atoms with van der Waals surface area (Å²) < 4.78 is 13.8. The van der Waals surface area contributed by atoms with Crippen molar-refractivity contribution in [3.8, 4) is 0 Å². The third kappa shape index (κ3) is 3.08. The summed E-state index contributed by atoms with van der Waals surface area (Å²) in [7, 11) is 0. The number of hydrogen-bond acceptors (Lipinski definition) is 3. The fourth-order valence-corrected chi connectivity index (χ4v) is 2.01. The number of pyridine rings is 1. The molecule has 1 aromatic heterocycles. The number of anilines is 2. The monoisotopic (exact) mass is 324 g/mol. The number of aryl methyl sites for hydroxylation is 1. The molecular weight excluding hydrogens is 315 g/mol. The van der Waals surface area contributed by atoms with E-state index in [0.29, 0.717) is 16.0 Å². The highest BCUT2D eigenvalue weighted by Gasteiger charge is 2.08. The molecule has 19 heavy (non-hydrogen) atoms. The van der Waals surface area contributed by atoms with Crippen LogP contribution in [0.3, 0.4) is 0 Å². The van der Waals surface area contributed by atoms with Crippen molar-refractivity contribution in [1.29, 1.82) is 0 Å². The summed E-state index contributed by atoms with van der Waals surface area (Å²) in [6.07, 6.45) is 1.39. The summed E-state index contributed by atoms with van der Waals surface area (Å²) in [6, 6.07) is 5.75. The smallest absolute Gasteiger partial charge is 0.335 e. The van der Waals surface area contributed by atoms with E-state index in [1.165, 1.54) is 24.4 Å². The summed E-state index contributed by atoms with van der Waals surface area (Å²) >= 11 is 3.10. The Labute approximate surface area is 117 Å². The summed E-state index contributed by atoms with van der Waals surface area (Å²) in [4.78, 5) is 14.9. The Kier molecular flexibility index (Phi) is 3.80. The second-order valence-corrected chi connectivity index (χ2v) is 4.80. The van der Waals surface area contributed by atoms with Gasteiger partial charge in [-0.05, 0) is 52.7 Å². The van der Waals surface area contributed by atoms with E-state index in [-0.39, 0.29) is 5.56 Å². The van der Waals surface area contributed by atoms with Crippen LogP contribution < -0.4 is 5.32 Å². The maximum Gasteiger partial charge on any atom is 0.335 e. The number of nitrogens with zero attached hydrogens (tertiary/aromatic N) is 1. The van der Waals surface area contributed by atoms with Crippen LogP contribution in [0.25, 0.3) is 0 Å². The van der Waals surface area contributed by atoms with E-state index in [4.69, 9.17) is 5.11 Å². The Morgan fingerprint density at radius 2 is 2.16 bits per heavy atom. The molecule has 0 atom stereocenters. The van der Waals surface area contributed by atoms with Crippen LogP contribution in [0.4, 0.5) is 15.9 Å². The molecule has 1 heterocycles. The van der Waals surface area contributed by atoms with Crippen LogP contribution in [-0.2, 0) is 0 Å². The maximum absolute atomic E-state index is 13.5. The second-order valence-electron chi connectivity index (χ2n) is 3.94. The van der Waals surface area contributed by atoms with Crippen molar-refractivity contribution in [3.63, 3.8) is 0 Å². The Balaban J connectivity index is 2.33. The molecule has 4 nitrogen and oxygen atoms in total. The number of nitrogens with one attached hydrogen (secondary N) is 1. The molecule has 1 aromatic carbocycles. The highest BCUT2D eigenvalue weighted by atomic mass is 79.9. The zero-order valence-corrected chi connectivity index (χ0v) is 11.5. The predicted molar refractivity (Wildman–Crippen MR) is 73.3 cm³/mol. The minimum Gasteiger partial charge on any atom is -0.478 e. The van der Waals surface area contributed by atoms with Gasteiger partial charge in [-0.3, -0.25) is 0 Å². The van der Waals surface area contributed by atoms with Gasteiger partial charge < -0.3 is 10.4 Å². The molecular formula is C13H10BrFN2O2. The van der Waals surface area contributed by atoms with E-state index >= 15 is 0 Å². The standard InChI is InChI=1S/C13H10BrFN2O2/c1-7-4-9(14)10(15)6-11(7)17-12-5-8(13(18)19)2-3-16-12/h2-6H,1H3,(H,16,17)(H,18,19). The maximum atomic E-state index is 13.5. The lowest BCUT2D eigenvalue weighted by Crippen LogP contribution is -2.01. The number of benzene rings is 1. The van der Waals surface area contributed by atoms with E-state index in [0.717, 1.165) is 5.56 Å². The van der Waals surface area contributed by atoms with Crippen LogP contribution in [0, 0.1) is 12.7 Å². The van der Waals surface area contributed by atoms with Gasteiger partial charge in [0.2, 0.25) is 0 Å². The molecule has 0 saturated carbocycles. The first kappa shape index (κ1) is 13.5. The third-order valence-corrected chi connectivity index (χ3v) is 3.14. The molecule has 0 amide bonds. The van der Waals surface area contributed by atoms with Gasteiger partial charge >= 0.3 is 5.97 Å². The number of carbonyl (C=O) groups is 1. The first-order valence-corrected chi connectivity index (χ1v) is 6.18. The molecule has 6 heteroatoms. The number of aromatic carboxylic acids is 1. The topological polar surface area (TPSA) is 62.2 Å². The summed E-state index contributed by atoms with van der Waals surface area (Å²) in [5.74, 6) is -1.09. The van der Waals surface area contributed by atoms with Gasteiger partial charge in [-0.15, -0.1) is 0 Å². The minimum absolute atomic E-state index is 0.118. The number of halogens is 2. The van der Waals surface area contributed by atoms with Crippen molar-refractivity contribution in [2.75, 3.05) is 5.32 Å². The Morgan fingerprint density at radius 3 is 2.84 bits per heavy atom. The molecule has 0 saturated heterocycles. The van der Waals surface area contributed by atoms with E-state index in [1.54, 1.807) is 6.07 Å². The van der Waals surface area contributed by atoms with Crippen molar-refractivity contribution in [2.45, 2.75) is 6.92 Å². The van der Waals surface area contributed by atoms with Gasteiger partial charge in [0.25, 0.3) is 0 Å². The lowest BCUT2D eigenvalue weighted by Gasteiger charge is -2.10. The molecule has 0 bridgehead atoms. The predicted octanol–water partition coefficient (Wildman–Crippen LogP) is 3.73. The van der Waals surface area contributed by atoms with E-state index < -0.39 is 11.8 Å². The van der Waals surface area contributed by atoms with Gasteiger partial charge in [-0.25, -0.2) is 14.2 Å². The molecule has 2 rings (SSSR count). The number of carboxylic acid groups (broad SMARTS) is 1. The lowest BCUT2D eigenvalue weighted by molar-refractivity contribution is 0.0697. The Morgan fingerprint density at radius 1 is 1.42 bits per heavy atom. The summed E-state index contributed by atoms with van der Waals surface area (Å²) in [6.45, 7) is 1.81. The quantitative estimate of drug-likeness (QED) is 0.902. The average molecular weight is 325 g/mol. The van der Waals surface area contributed by atoms with Gasteiger partial charge in [0, 0.05) is 11.9 Å². The first-order valence-electron chi connectivity index (χ1n) is 5.39. The average Bonchev–Trinajstić information content (AvgIpc) is 2.36. The summed E-state index contributed by atoms with van der Waals surface area (Å²) in [5.41, 5.74) is 1.47.